The zero-order valence-electron chi connectivity index (χ0n) is 9.32. The van der Waals surface area contributed by atoms with E-state index in [1.807, 2.05) is 0 Å². The molecule has 0 unspecified atom stereocenters. The summed E-state index contributed by atoms with van der Waals surface area (Å²) >= 11 is 14.8. The number of hydrogen-bond donors (Lipinski definition) is 2. The second-order valence-electron chi connectivity index (χ2n) is 3.61. The number of benzene rings is 1. The molecule has 0 aliphatic rings. The van der Waals surface area contributed by atoms with Crippen molar-refractivity contribution in [3.05, 3.63) is 50.7 Å². The van der Waals surface area contributed by atoms with E-state index in [2.05, 4.69) is 26.2 Å². The Morgan fingerprint density at radius 3 is 2.74 bits per heavy atom. The fourth-order valence-electron chi connectivity index (χ4n) is 1.40. The summed E-state index contributed by atoms with van der Waals surface area (Å²) in [5.41, 5.74) is 0.441. The SMILES string of the molecule is O=C(Nc1cc(Br)cnc1Cl)c1ccc(Cl)cc1O. The van der Waals surface area contributed by atoms with Crippen LogP contribution in [0.2, 0.25) is 10.2 Å². The molecule has 2 aromatic rings. The highest BCUT2D eigenvalue weighted by molar-refractivity contribution is 9.10. The molecule has 1 heterocycles. The van der Waals surface area contributed by atoms with Crippen LogP contribution in [0.4, 0.5) is 5.69 Å². The Bertz CT molecular complexity index is 650. The summed E-state index contributed by atoms with van der Waals surface area (Å²) in [6, 6.07) is 5.83. The van der Waals surface area contributed by atoms with Gasteiger partial charge in [0, 0.05) is 15.7 Å². The summed E-state index contributed by atoms with van der Waals surface area (Å²) in [6.45, 7) is 0. The minimum atomic E-state index is -0.504. The Balaban J connectivity index is 2.28. The van der Waals surface area contributed by atoms with Crippen LogP contribution < -0.4 is 5.32 Å². The normalized spacial score (nSPS) is 10.3. The first kappa shape index (κ1) is 14.1. The fourth-order valence-corrected chi connectivity index (χ4v) is 2.04. The number of aromatic hydroxyl groups is 1. The van der Waals surface area contributed by atoms with Crippen LogP contribution in [0.1, 0.15) is 10.4 Å². The largest absolute Gasteiger partial charge is 0.507 e. The van der Waals surface area contributed by atoms with Crippen LogP contribution in [0, 0.1) is 0 Å². The van der Waals surface area contributed by atoms with Gasteiger partial charge in [0.2, 0.25) is 0 Å². The molecule has 1 amide bonds. The average molecular weight is 362 g/mol. The zero-order valence-corrected chi connectivity index (χ0v) is 12.4. The molecule has 0 saturated carbocycles. The van der Waals surface area contributed by atoms with Crippen LogP contribution in [0.5, 0.6) is 5.75 Å². The Morgan fingerprint density at radius 1 is 1.32 bits per heavy atom. The van der Waals surface area contributed by atoms with Gasteiger partial charge in [-0.3, -0.25) is 4.79 Å². The van der Waals surface area contributed by atoms with Gasteiger partial charge in [-0.2, -0.15) is 0 Å². The maximum Gasteiger partial charge on any atom is 0.259 e. The fraction of sp³-hybridized carbons (Fsp3) is 0. The number of phenols is 1. The number of phenolic OH excluding ortho intramolecular Hbond substituents is 1. The number of nitrogens with one attached hydrogen (secondary N) is 1. The minimum Gasteiger partial charge on any atom is -0.507 e. The lowest BCUT2D eigenvalue weighted by Crippen LogP contribution is -2.12. The summed E-state index contributed by atoms with van der Waals surface area (Å²) in [6.07, 6.45) is 1.51. The molecule has 1 aromatic carbocycles. The molecule has 0 fully saturated rings. The highest BCUT2D eigenvalue weighted by Gasteiger charge is 2.13. The number of amides is 1. The maximum atomic E-state index is 12.0. The minimum absolute atomic E-state index is 0.0976. The highest BCUT2D eigenvalue weighted by atomic mass is 79.9. The van der Waals surface area contributed by atoms with Crippen molar-refractivity contribution in [1.29, 1.82) is 0 Å². The topological polar surface area (TPSA) is 62.2 Å². The van der Waals surface area contributed by atoms with E-state index in [0.717, 1.165) is 0 Å². The van der Waals surface area contributed by atoms with Crippen LogP contribution >= 0.6 is 39.1 Å². The molecule has 0 bridgehead atoms. The summed E-state index contributed by atoms with van der Waals surface area (Å²) in [7, 11) is 0. The molecule has 7 heteroatoms. The second kappa shape index (κ2) is 5.77. The summed E-state index contributed by atoms with van der Waals surface area (Å²) < 4.78 is 0.674. The molecule has 0 spiro atoms. The number of nitrogens with zero attached hydrogens (tertiary/aromatic N) is 1. The van der Waals surface area contributed by atoms with E-state index in [9.17, 15) is 9.90 Å². The molecular formula is C12H7BrCl2N2O2. The van der Waals surface area contributed by atoms with Crippen LogP contribution in [0.15, 0.2) is 34.9 Å². The van der Waals surface area contributed by atoms with Crippen molar-refractivity contribution in [3.8, 4) is 5.75 Å². The maximum absolute atomic E-state index is 12.0. The van der Waals surface area contributed by atoms with Gasteiger partial charge in [0.1, 0.15) is 5.75 Å². The van der Waals surface area contributed by atoms with Crippen LogP contribution in [-0.2, 0) is 0 Å². The van der Waals surface area contributed by atoms with Gasteiger partial charge in [-0.15, -0.1) is 0 Å². The molecule has 2 rings (SSSR count). The first-order valence-electron chi connectivity index (χ1n) is 5.08. The third-order valence-corrected chi connectivity index (χ3v) is 3.23. The van der Waals surface area contributed by atoms with E-state index in [1.54, 1.807) is 6.07 Å². The van der Waals surface area contributed by atoms with Crippen molar-refractivity contribution in [2.45, 2.75) is 0 Å². The van der Waals surface area contributed by atoms with Crippen molar-refractivity contribution in [3.63, 3.8) is 0 Å². The highest BCUT2D eigenvalue weighted by Crippen LogP contribution is 2.26. The van der Waals surface area contributed by atoms with Gasteiger partial charge in [-0.25, -0.2) is 4.98 Å². The van der Waals surface area contributed by atoms with Crippen molar-refractivity contribution < 1.29 is 9.90 Å². The van der Waals surface area contributed by atoms with Crippen molar-refractivity contribution in [2.24, 2.45) is 0 Å². The van der Waals surface area contributed by atoms with Gasteiger partial charge < -0.3 is 10.4 Å². The van der Waals surface area contributed by atoms with Gasteiger partial charge in [0.25, 0.3) is 5.91 Å². The Labute approximate surface area is 127 Å². The molecule has 0 aliphatic carbocycles. The van der Waals surface area contributed by atoms with E-state index in [0.29, 0.717) is 15.2 Å². The zero-order chi connectivity index (χ0) is 14.0. The van der Waals surface area contributed by atoms with E-state index >= 15 is 0 Å². The number of rotatable bonds is 2. The first-order chi connectivity index (χ1) is 8.97. The second-order valence-corrected chi connectivity index (χ2v) is 5.32. The monoisotopic (exact) mass is 360 g/mol. The molecule has 0 radical (unpaired) electrons. The molecule has 4 nitrogen and oxygen atoms in total. The van der Waals surface area contributed by atoms with Crippen LogP contribution in [0.3, 0.4) is 0 Å². The van der Waals surface area contributed by atoms with Gasteiger partial charge in [-0.05, 0) is 40.2 Å². The number of pyridine rings is 1. The molecule has 0 aliphatic heterocycles. The number of carbonyl (C=O) groups excluding carboxylic acids is 1. The van der Waals surface area contributed by atoms with Crippen molar-refractivity contribution in [1.82, 2.24) is 4.98 Å². The predicted molar refractivity (Wildman–Crippen MR) is 78.0 cm³/mol. The van der Waals surface area contributed by atoms with E-state index in [4.69, 9.17) is 23.2 Å². The molecular weight excluding hydrogens is 355 g/mol. The third-order valence-electron chi connectivity index (χ3n) is 2.26. The number of hydrogen-bond acceptors (Lipinski definition) is 3. The molecule has 0 saturated heterocycles. The summed E-state index contributed by atoms with van der Waals surface area (Å²) in [4.78, 5) is 15.9. The number of carbonyl (C=O) groups is 1. The third kappa shape index (κ3) is 3.37. The summed E-state index contributed by atoms with van der Waals surface area (Å²) in [5, 5.41) is 12.7. The van der Waals surface area contributed by atoms with E-state index < -0.39 is 5.91 Å². The number of aromatic nitrogens is 1. The van der Waals surface area contributed by atoms with Gasteiger partial charge in [0.15, 0.2) is 5.15 Å². The molecule has 1 aromatic heterocycles. The van der Waals surface area contributed by atoms with E-state index in [1.165, 1.54) is 24.4 Å². The van der Waals surface area contributed by atoms with Crippen molar-refractivity contribution >= 4 is 50.7 Å². The standard InChI is InChI=1S/C12H7BrCl2N2O2/c13-6-3-9(11(15)16-5-6)17-12(19)8-2-1-7(14)4-10(8)18/h1-5,18H,(H,17,19). The average Bonchev–Trinajstić information content (AvgIpc) is 2.33. The van der Waals surface area contributed by atoms with Crippen LogP contribution in [-0.4, -0.2) is 16.0 Å². The van der Waals surface area contributed by atoms with Gasteiger partial charge >= 0.3 is 0 Å². The lowest BCUT2D eigenvalue weighted by Gasteiger charge is -2.08. The Hall–Kier alpha value is -1.30. The van der Waals surface area contributed by atoms with Gasteiger partial charge in [0.05, 0.1) is 11.3 Å². The summed E-state index contributed by atoms with van der Waals surface area (Å²) in [5.74, 6) is -0.708. The molecule has 0 atom stereocenters. The van der Waals surface area contributed by atoms with Gasteiger partial charge in [-0.1, -0.05) is 23.2 Å². The lowest BCUT2D eigenvalue weighted by atomic mass is 10.2. The molecule has 19 heavy (non-hydrogen) atoms. The Kier molecular flexibility index (Phi) is 4.29. The number of halogens is 3. The smallest absolute Gasteiger partial charge is 0.259 e. The lowest BCUT2D eigenvalue weighted by molar-refractivity contribution is 0.102. The quantitative estimate of drug-likeness (QED) is 0.791. The number of anilines is 1. The molecule has 98 valence electrons. The van der Waals surface area contributed by atoms with Crippen LogP contribution in [0.25, 0.3) is 0 Å². The predicted octanol–water partition coefficient (Wildman–Crippen LogP) is 4.11. The van der Waals surface area contributed by atoms with Crippen molar-refractivity contribution in [2.75, 3.05) is 5.32 Å². The Morgan fingerprint density at radius 2 is 2.05 bits per heavy atom. The molecule has 2 N–H and O–H groups in total. The first-order valence-corrected chi connectivity index (χ1v) is 6.63. The van der Waals surface area contributed by atoms with E-state index in [-0.39, 0.29) is 16.5 Å².